The molecule has 0 bridgehead atoms. The minimum absolute atomic E-state index is 0.353. The maximum atomic E-state index is 11.3. The molecule has 0 aliphatic carbocycles. The van der Waals surface area contributed by atoms with Gasteiger partial charge in [-0.3, -0.25) is 9.78 Å². The lowest BCUT2D eigenvalue weighted by Crippen LogP contribution is -2.50. The van der Waals surface area contributed by atoms with E-state index in [2.05, 4.69) is 15.2 Å². The highest BCUT2D eigenvalue weighted by Crippen LogP contribution is 2.29. The summed E-state index contributed by atoms with van der Waals surface area (Å²) in [5.74, 6) is -0.459. The van der Waals surface area contributed by atoms with Crippen LogP contribution in [-0.4, -0.2) is 36.1 Å². The van der Waals surface area contributed by atoms with Crippen LogP contribution in [0.15, 0.2) is 18.3 Å². The van der Waals surface area contributed by atoms with Gasteiger partial charge in [0.15, 0.2) is 0 Å². The number of hydrogen-bond acceptors (Lipinski definition) is 4. The molecule has 1 aromatic rings. The molecule has 1 aromatic heterocycles. The first-order valence-corrected chi connectivity index (χ1v) is 7.51. The Morgan fingerprint density at radius 1 is 1.35 bits per heavy atom. The van der Waals surface area contributed by atoms with Gasteiger partial charge in [0.2, 0.25) is 0 Å². The molecule has 5 nitrogen and oxygen atoms in total. The number of nitrogens with one attached hydrogen (secondary N) is 1. The molecule has 3 rings (SSSR count). The Morgan fingerprint density at radius 3 is 3.00 bits per heavy atom. The topological polar surface area (TPSA) is 71.2 Å². The van der Waals surface area contributed by atoms with Crippen LogP contribution in [0.4, 0.5) is 5.69 Å². The molecule has 0 spiro atoms. The smallest absolute Gasteiger partial charge is 0.267 e. The normalized spacial score (nSPS) is 26.7. The molecule has 1 amide bonds. The van der Waals surface area contributed by atoms with Crippen LogP contribution in [0, 0.1) is 0 Å². The van der Waals surface area contributed by atoms with Gasteiger partial charge in [-0.2, -0.15) is 0 Å². The Hall–Kier alpha value is -1.62. The lowest BCUT2D eigenvalue weighted by Gasteiger charge is -2.41. The Labute approximate surface area is 119 Å². The van der Waals surface area contributed by atoms with E-state index < -0.39 is 5.91 Å². The van der Waals surface area contributed by atoms with Crippen LogP contribution in [0.25, 0.3) is 0 Å². The highest BCUT2D eigenvalue weighted by atomic mass is 16.1. The van der Waals surface area contributed by atoms with E-state index in [4.69, 9.17) is 5.73 Å². The second-order valence-electron chi connectivity index (χ2n) is 5.72. The number of piperidine rings is 1. The molecule has 2 aliphatic heterocycles. The summed E-state index contributed by atoms with van der Waals surface area (Å²) in [7, 11) is 0. The predicted octanol–water partition coefficient (Wildman–Crippen LogP) is 1.29. The molecular weight excluding hydrogens is 252 g/mol. The van der Waals surface area contributed by atoms with Gasteiger partial charge in [0, 0.05) is 30.5 Å². The highest BCUT2D eigenvalue weighted by Gasteiger charge is 2.31. The van der Waals surface area contributed by atoms with Crippen molar-refractivity contribution >= 4 is 11.6 Å². The van der Waals surface area contributed by atoms with Gasteiger partial charge in [-0.15, -0.1) is 0 Å². The molecule has 0 aromatic carbocycles. The van der Waals surface area contributed by atoms with Gasteiger partial charge < -0.3 is 16.0 Å². The first-order chi connectivity index (χ1) is 9.75. The molecule has 108 valence electrons. The SMILES string of the molecule is NC(=O)c1cc(N2CCCCC2C2CCCN2)ccn1. The summed E-state index contributed by atoms with van der Waals surface area (Å²) in [5, 5.41) is 3.61. The van der Waals surface area contributed by atoms with Crippen LogP contribution in [0.1, 0.15) is 42.6 Å². The standard InChI is InChI=1S/C15H22N4O/c16-15(20)13-10-11(6-8-18-13)19-9-2-1-5-14(19)12-4-3-7-17-12/h6,8,10,12,14,17H,1-5,7,9H2,(H2,16,20). The van der Waals surface area contributed by atoms with Gasteiger partial charge in [0.25, 0.3) is 5.91 Å². The van der Waals surface area contributed by atoms with E-state index in [0.29, 0.717) is 17.8 Å². The van der Waals surface area contributed by atoms with Gasteiger partial charge >= 0.3 is 0 Å². The summed E-state index contributed by atoms with van der Waals surface area (Å²) < 4.78 is 0. The number of anilines is 1. The number of aromatic nitrogens is 1. The molecule has 0 radical (unpaired) electrons. The lowest BCUT2D eigenvalue weighted by molar-refractivity contribution is 0.0995. The fourth-order valence-corrected chi connectivity index (χ4v) is 3.47. The number of carbonyl (C=O) groups excluding carboxylic acids is 1. The molecular formula is C15H22N4O. The number of carbonyl (C=O) groups is 1. The zero-order valence-electron chi connectivity index (χ0n) is 11.7. The summed E-state index contributed by atoms with van der Waals surface area (Å²) in [6.07, 6.45) is 7.90. The van der Waals surface area contributed by atoms with E-state index in [9.17, 15) is 4.79 Å². The van der Waals surface area contributed by atoms with Crippen molar-refractivity contribution < 1.29 is 4.79 Å². The number of amides is 1. The summed E-state index contributed by atoms with van der Waals surface area (Å²) in [4.78, 5) is 17.8. The molecule has 3 N–H and O–H groups in total. The van der Waals surface area contributed by atoms with Gasteiger partial charge in [0.1, 0.15) is 5.69 Å². The zero-order chi connectivity index (χ0) is 13.9. The molecule has 2 unspecified atom stereocenters. The van der Waals surface area contributed by atoms with Crippen LogP contribution in [-0.2, 0) is 0 Å². The van der Waals surface area contributed by atoms with Gasteiger partial charge in [-0.1, -0.05) is 0 Å². The third-order valence-corrected chi connectivity index (χ3v) is 4.44. The van der Waals surface area contributed by atoms with Gasteiger partial charge in [-0.05, 0) is 50.8 Å². The maximum absolute atomic E-state index is 11.3. The third-order valence-electron chi connectivity index (χ3n) is 4.44. The Morgan fingerprint density at radius 2 is 2.25 bits per heavy atom. The fourth-order valence-electron chi connectivity index (χ4n) is 3.47. The van der Waals surface area contributed by atoms with E-state index >= 15 is 0 Å². The lowest BCUT2D eigenvalue weighted by atomic mass is 9.94. The first-order valence-electron chi connectivity index (χ1n) is 7.51. The predicted molar refractivity (Wildman–Crippen MR) is 78.8 cm³/mol. The monoisotopic (exact) mass is 274 g/mol. The third kappa shape index (κ3) is 2.63. The quantitative estimate of drug-likeness (QED) is 0.871. The fraction of sp³-hybridized carbons (Fsp3) is 0.600. The van der Waals surface area contributed by atoms with E-state index in [-0.39, 0.29) is 0 Å². The second-order valence-corrected chi connectivity index (χ2v) is 5.72. The summed E-state index contributed by atoms with van der Waals surface area (Å²) in [6.45, 7) is 2.17. The van der Waals surface area contributed by atoms with Crippen LogP contribution >= 0.6 is 0 Å². The Bertz CT molecular complexity index is 485. The van der Waals surface area contributed by atoms with E-state index in [1.165, 1.54) is 32.1 Å². The minimum atomic E-state index is -0.459. The van der Waals surface area contributed by atoms with Crippen molar-refractivity contribution in [1.82, 2.24) is 10.3 Å². The molecule has 3 heterocycles. The molecule has 2 atom stereocenters. The van der Waals surface area contributed by atoms with Crippen molar-refractivity contribution in [2.75, 3.05) is 18.0 Å². The number of hydrogen-bond donors (Lipinski definition) is 2. The van der Waals surface area contributed by atoms with Crippen molar-refractivity contribution in [2.45, 2.75) is 44.2 Å². The largest absolute Gasteiger partial charge is 0.367 e. The van der Waals surface area contributed by atoms with E-state index in [1.54, 1.807) is 6.20 Å². The van der Waals surface area contributed by atoms with Crippen LogP contribution in [0.5, 0.6) is 0 Å². The second kappa shape index (κ2) is 5.79. The van der Waals surface area contributed by atoms with Crippen molar-refractivity contribution in [1.29, 1.82) is 0 Å². The van der Waals surface area contributed by atoms with Crippen molar-refractivity contribution in [3.05, 3.63) is 24.0 Å². The molecule has 0 saturated carbocycles. The maximum Gasteiger partial charge on any atom is 0.267 e. The van der Waals surface area contributed by atoms with E-state index in [0.717, 1.165) is 18.8 Å². The number of primary amides is 1. The minimum Gasteiger partial charge on any atom is -0.367 e. The highest BCUT2D eigenvalue weighted by molar-refractivity contribution is 5.91. The van der Waals surface area contributed by atoms with Gasteiger partial charge in [-0.25, -0.2) is 0 Å². The zero-order valence-corrected chi connectivity index (χ0v) is 11.7. The number of pyridine rings is 1. The Kier molecular flexibility index (Phi) is 3.87. The average molecular weight is 274 g/mol. The van der Waals surface area contributed by atoms with Crippen molar-refractivity contribution in [3.63, 3.8) is 0 Å². The summed E-state index contributed by atoms with van der Waals surface area (Å²) in [6, 6.07) is 4.91. The van der Waals surface area contributed by atoms with Crippen molar-refractivity contribution in [3.8, 4) is 0 Å². The molecule has 20 heavy (non-hydrogen) atoms. The first kappa shape index (κ1) is 13.4. The molecule has 2 fully saturated rings. The van der Waals surface area contributed by atoms with Crippen molar-refractivity contribution in [2.24, 2.45) is 5.73 Å². The number of nitrogens with zero attached hydrogens (tertiary/aromatic N) is 2. The summed E-state index contributed by atoms with van der Waals surface area (Å²) in [5.41, 5.74) is 6.77. The molecule has 5 heteroatoms. The van der Waals surface area contributed by atoms with Gasteiger partial charge in [0.05, 0.1) is 0 Å². The van der Waals surface area contributed by atoms with Crippen LogP contribution in [0.2, 0.25) is 0 Å². The number of rotatable bonds is 3. The summed E-state index contributed by atoms with van der Waals surface area (Å²) >= 11 is 0. The van der Waals surface area contributed by atoms with Crippen LogP contribution in [0.3, 0.4) is 0 Å². The van der Waals surface area contributed by atoms with Crippen LogP contribution < -0.4 is 16.0 Å². The van der Waals surface area contributed by atoms with E-state index in [1.807, 2.05) is 12.1 Å². The average Bonchev–Trinajstić information content (AvgIpc) is 3.01. The molecule has 2 saturated heterocycles. The molecule has 2 aliphatic rings. The Balaban J connectivity index is 1.85. The number of nitrogens with two attached hydrogens (primary N) is 1.